The van der Waals surface area contributed by atoms with Gasteiger partial charge in [-0.25, -0.2) is 13.1 Å². The van der Waals surface area contributed by atoms with Crippen LogP contribution in [0.2, 0.25) is 0 Å². The number of hydrogen-bond acceptors (Lipinski definition) is 4. The number of piperidine rings is 1. The van der Waals surface area contributed by atoms with Gasteiger partial charge >= 0.3 is 0 Å². The Bertz CT molecular complexity index is 582. The number of likely N-dealkylation sites (tertiary alicyclic amines) is 1. The van der Waals surface area contributed by atoms with Gasteiger partial charge in [0.1, 0.15) is 4.21 Å². The van der Waals surface area contributed by atoms with Crippen LogP contribution < -0.4 is 10.0 Å². The van der Waals surface area contributed by atoms with Gasteiger partial charge in [-0.3, -0.25) is 4.99 Å². The summed E-state index contributed by atoms with van der Waals surface area (Å²) in [6.45, 7) is 5.13. The summed E-state index contributed by atoms with van der Waals surface area (Å²) in [4.78, 5) is 6.51. The van der Waals surface area contributed by atoms with Crippen molar-refractivity contribution in [3.63, 3.8) is 0 Å². The molecule has 9 heteroatoms. The average molecular weight is 472 g/mol. The van der Waals surface area contributed by atoms with Crippen molar-refractivity contribution in [1.29, 1.82) is 0 Å². The fourth-order valence-electron chi connectivity index (χ4n) is 2.40. The van der Waals surface area contributed by atoms with E-state index in [1.165, 1.54) is 24.2 Å². The number of thiophene rings is 1. The molecule has 1 aromatic rings. The van der Waals surface area contributed by atoms with Gasteiger partial charge in [-0.1, -0.05) is 13.0 Å². The number of guanidine groups is 1. The van der Waals surface area contributed by atoms with E-state index in [1.54, 1.807) is 24.6 Å². The second-order valence-electron chi connectivity index (χ2n) is 5.47. The molecule has 132 valence electrons. The first-order valence-corrected chi connectivity index (χ1v) is 9.88. The molecular weight excluding hydrogens is 447 g/mol. The van der Waals surface area contributed by atoms with Crippen LogP contribution in [0.25, 0.3) is 0 Å². The lowest BCUT2D eigenvalue weighted by Crippen LogP contribution is -2.47. The molecule has 0 bridgehead atoms. The summed E-state index contributed by atoms with van der Waals surface area (Å²) in [5, 5.41) is 4.98. The second kappa shape index (κ2) is 9.80. The molecule has 0 aliphatic carbocycles. The SMILES string of the molecule is CN=C(NCCNS(=O)(=O)c1cccs1)N1CCC(C)CC1.I. The first-order valence-electron chi connectivity index (χ1n) is 7.51. The summed E-state index contributed by atoms with van der Waals surface area (Å²) >= 11 is 1.22. The first kappa shape index (κ1) is 20.7. The Hall–Kier alpha value is -0.390. The Labute approximate surface area is 159 Å². The van der Waals surface area contributed by atoms with Crippen LogP contribution in [0.1, 0.15) is 19.8 Å². The molecule has 2 N–H and O–H groups in total. The summed E-state index contributed by atoms with van der Waals surface area (Å²) in [5.74, 6) is 1.62. The lowest BCUT2D eigenvalue weighted by atomic mass is 10.00. The molecule has 0 spiro atoms. The molecule has 0 radical (unpaired) electrons. The van der Waals surface area contributed by atoms with Gasteiger partial charge in [0.15, 0.2) is 5.96 Å². The highest BCUT2D eigenvalue weighted by Gasteiger charge is 2.18. The summed E-state index contributed by atoms with van der Waals surface area (Å²) in [7, 11) is -1.62. The normalized spacial score (nSPS) is 17.0. The van der Waals surface area contributed by atoms with Crippen molar-refractivity contribution in [1.82, 2.24) is 14.9 Å². The van der Waals surface area contributed by atoms with Crippen LogP contribution in [0.15, 0.2) is 26.7 Å². The van der Waals surface area contributed by atoms with E-state index in [1.807, 2.05) is 0 Å². The van der Waals surface area contributed by atoms with Gasteiger partial charge in [0.05, 0.1) is 0 Å². The number of nitrogens with zero attached hydrogens (tertiary/aromatic N) is 2. The van der Waals surface area contributed by atoms with Crippen LogP contribution in [-0.2, 0) is 10.0 Å². The predicted octanol–water partition coefficient (Wildman–Crippen LogP) is 1.95. The number of hydrogen-bond donors (Lipinski definition) is 2. The third-order valence-corrected chi connectivity index (χ3v) is 6.61. The molecule has 0 saturated carbocycles. The minimum Gasteiger partial charge on any atom is -0.355 e. The fourth-order valence-corrected chi connectivity index (χ4v) is 4.47. The van der Waals surface area contributed by atoms with Gasteiger partial charge in [0.2, 0.25) is 10.0 Å². The van der Waals surface area contributed by atoms with E-state index in [4.69, 9.17) is 0 Å². The van der Waals surface area contributed by atoms with E-state index >= 15 is 0 Å². The van der Waals surface area contributed by atoms with Gasteiger partial charge in [-0.2, -0.15) is 0 Å². The predicted molar refractivity (Wildman–Crippen MR) is 106 cm³/mol. The van der Waals surface area contributed by atoms with Crippen molar-refractivity contribution in [3.8, 4) is 0 Å². The number of nitrogens with one attached hydrogen (secondary N) is 2. The van der Waals surface area contributed by atoms with Crippen molar-refractivity contribution in [2.45, 2.75) is 24.0 Å². The van der Waals surface area contributed by atoms with Gasteiger partial charge in [0.25, 0.3) is 0 Å². The Morgan fingerprint density at radius 1 is 1.39 bits per heavy atom. The maximum absolute atomic E-state index is 12.0. The standard InChI is InChI=1S/C14H24N4O2S2.HI/c1-12-5-9-18(10-6-12)14(15-2)16-7-8-17-22(19,20)13-4-3-11-21-13;/h3-4,11-12,17H,5-10H2,1-2H3,(H,15,16);1H. The lowest BCUT2D eigenvalue weighted by Gasteiger charge is -2.32. The van der Waals surface area contributed by atoms with Crippen LogP contribution in [0.3, 0.4) is 0 Å². The number of halogens is 1. The summed E-state index contributed by atoms with van der Waals surface area (Å²) < 4.78 is 26.9. The highest BCUT2D eigenvalue weighted by atomic mass is 127. The van der Waals surface area contributed by atoms with E-state index in [0.717, 1.165) is 25.0 Å². The molecule has 0 aromatic carbocycles. The van der Waals surface area contributed by atoms with Crippen molar-refractivity contribution < 1.29 is 8.42 Å². The van der Waals surface area contributed by atoms with Crippen molar-refractivity contribution in [3.05, 3.63) is 17.5 Å². The molecular formula is C14H25IN4O2S2. The molecule has 0 amide bonds. The van der Waals surface area contributed by atoms with Gasteiger partial charge in [-0.05, 0) is 30.2 Å². The lowest BCUT2D eigenvalue weighted by molar-refractivity contribution is 0.273. The van der Waals surface area contributed by atoms with E-state index in [2.05, 4.69) is 26.9 Å². The zero-order chi connectivity index (χ0) is 16.0. The third-order valence-electron chi connectivity index (χ3n) is 3.76. The third kappa shape index (κ3) is 6.20. The van der Waals surface area contributed by atoms with Crippen LogP contribution in [-0.4, -0.2) is 52.5 Å². The second-order valence-corrected chi connectivity index (χ2v) is 8.41. The highest BCUT2D eigenvalue weighted by molar-refractivity contribution is 14.0. The molecule has 1 saturated heterocycles. The number of aliphatic imine (C=N–C) groups is 1. The average Bonchev–Trinajstić information content (AvgIpc) is 3.04. The van der Waals surface area contributed by atoms with E-state index < -0.39 is 10.0 Å². The molecule has 23 heavy (non-hydrogen) atoms. The van der Waals surface area contributed by atoms with E-state index in [-0.39, 0.29) is 24.0 Å². The van der Waals surface area contributed by atoms with Gasteiger partial charge in [-0.15, -0.1) is 35.3 Å². The first-order chi connectivity index (χ1) is 10.5. The molecule has 2 heterocycles. The summed E-state index contributed by atoms with van der Waals surface area (Å²) in [5.41, 5.74) is 0. The zero-order valence-electron chi connectivity index (χ0n) is 13.5. The van der Waals surface area contributed by atoms with Gasteiger partial charge < -0.3 is 10.2 Å². The smallest absolute Gasteiger partial charge is 0.250 e. The quantitative estimate of drug-likeness (QED) is 0.298. The topological polar surface area (TPSA) is 73.8 Å². The maximum Gasteiger partial charge on any atom is 0.250 e. The summed E-state index contributed by atoms with van der Waals surface area (Å²) in [6, 6.07) is 3.34. The molecule has 1 aromatic heterocycles. The van der Waals surface area contributed by atoms with E-state index in [9.17, 15) is 8.42 Å². The number of rotatable bonds is 5. The molecule has 6 nitrogen and oxygen atoms in total. The molecule has 1 aliphatic rings. The minimum atomic E-state index is -3.38. The Balaban J connectivity index is 0.00000264. The van der Waals surface area contributed by atoms with Crippen molar-refractivity contribution >= 4 is 51.3 Å². The molecule has 0 unspecified atom stereocenters. The number of sulfonamides is 1. The summed E-state index contributed by atoms with van der Waals surface area (Å²) in [6.07, 6.45) is 2.34. The monoisotopic (exact) mass is 472 g/mol. The Morgan fingerprint density at radius 3 is 2.65 bits per heavy atom. The molecule has 1 fully saturated rings. The van der Waals surface area contributed by atoms with Crippen LogP contribution >= 0.6 is 35.3 Å². The highest BCUT2D eigenvalue weighted by Crippen LogP contribution is 2.16. The minimum absolute atomic E-state index is 0. The molecule has 1 aliphatic heterocycles. The van der Waals surface area contributed by atoms with Crippen molar-refractivity contribution in [2.24, 2.45) is 10.9 Å². The van der Waals surface area contributed by atoms with Crippen LogP contribution in [0.4, 0.5) is 0 Å². The fraction of sp³-hybridized carbons (Fsp3) is 0.643. The maximum atomic E-state index is 12.0. The zero-order valence-corrected chi connectivity index (χ0v) is 17.5. The van der Waals surface area contributed by atoms with Gasteiger partial charge in [0, 0.05) is 33.2 Å². The molecule has 0 atom stereocenters. The van der Waals surface area contributed by atoms with Crippen LogP contribution in [0, 0.1) is 5.92 Å². The Morgan fingerprint density at radius 2 is 2.09 bits per heavy atom. The van der Waals surface area contributed by atoms with Crippen LogP contribution in [0.5, 0.6) is 0 Å². The van der Waals surface area contributed by atoms with E-state index in [0.29, 0.717) is 17.3 Å². The molecule has 2 rings (SSSR count). The Kier molecular flexibility index (Phi) is 8.80. The largest absolute Gasteiger partial charge is 0.355 e. The van der Waals surface area contributed by atoms with Crippen molar-refractivity contribution in [2.75, 3.05) is 33.2 Å².